The van der Waals surface area contributed by atoms with E-state index in [2.05, 4.69) is 24.3 Å². The lowest BCUT2D eigenvalue weighted by atomic mass is 9.81. The Bertz CT molecular complexity index is 1480. The molecule has 3 aromatic carbocycles. The van der Waals surface area contributed by atoms with Crippen LogP contribution in [0.4, 0.5) is 0 Å². The monoisotopic (exact) mass is 479 g/mol. The van der Waals surface area contributed by atoms with Crippen molar-refractivity contribution < 1.29 is 4.74 Å². The minimum Gasteiger partial charge on any atom is -0.492 e. The van der Waals surface area contributed by atoms with Crippen LogP contribution in [-0.4, -0.2) is 20.0 Å². The van der Waals surface area contributed by atoms with Crippen LogP contribution < -0.4 is 11.4 Å². The van der Waals surface area contributed by atoms with Gasteiger partial charge in [0, 0.05) is 5.92 Å². The summed E-state index contributed by atoms with van der Waals surface area (Å²) in [6.45, 7) is 0.231. The maximum atomic E-state index is 13.6. The van der Waals surface area contributed by atoms with Crippen LogP contribution in [0.1, 0.15) is 48.8 Å². The third kappa shape index (κ3) is 4.02. The summed E-state index contributed by atoms with van der Waals surface area (Å²) in [5, 5.41) is 0. The van der Waals surface area contributed by atoms with Crippen LogP contribution in [0.5, 0.6) is 0 Å². The zero-order valence-corrected chi connectivity index (χ0v) is 20.1. The molecule has 4 aromatic rings. The number of hydrogen-bond acceptors (Lipinski definition) is 3. The van der Waals surface area contributed by atoms with Crippen molar-refractivity contribution in [2.75, 3.05) is 0 Å². The Labute approximate surface area is 209 Å². The Morgan fingerprint density at radius 2 is 1.31 bits per heavy atom. The van der Waals surface area contributed by atoms with Crippen LogP contribution in [0.25, 0.3) is 5.69 Å². The van der Waals surface area contributed by atoms with E-state index in [9.17, 15) is 9.59 Å². The van der Waals surface area contributed by atoms with Crippen molar-refractivity contribution in [2.45, 2.75) is 50.3 Å². The van der Waals surface area contributed by atoms with Gasteiger partial charge >= 0.3 is 11.4 Å². The van der Waals surface area contributed by atoms with Gasteiger partial charge in [-0.3, -0.25) is 0 Å². The first-order valence-electron chi connectivity index (χ1n) is 12.7. The predicted molar refractivity (Wildman–Crippen MR) is 139 cm³/mol. The molecule has 6 rings (SSSR count). The van der Waals surface area contributed by atoms with E-state index in [0.29, 0.717) is 11.6 Å². The summed E-state index contributed by atoms with van der Waals surface area (Å²) in [4.78, 5) is 27.1. The van der Waals surface area contributed by atoms with Gasteiger partial charge in [-0.1, -0.05) is 85.3 Å². The Morgan fingerprint density at radius 3 is 2.00 bits per heavy atom. The van der Waals surface area contributed by atoms with Crippen molar-refractivity contribution >= 4 is 0 Å². The first kappa shape index (κ1) is 22.4. The summed E-state index contributed by atoms with van der Waals surface area (Å²) in [6.07, 6.45) is 6.41. The van der Waals surface area contributed by atoms with Crippen LogP contribution in [0.2, 0.25) is 0 Å². The Morgan fingerprint density at radius 1 is 0.694 bits per heavy atom. The highest BCUT2D eigenvalue weighted by molar-refractivity contribution is 5.32. The summed E-state index contributed by atoms with van der Waals surface area (Å²) >= 11 is 0. The number of allylic oxidation sites excluding steroid dienone is 2. The molecule has 0 bridgehead atoms. The topological polar surface area (TPSA) is 58.2 Å². The van der Waals surface area contributed by atoms with Crippen LogP contribution in [0.3, 0.4) is 0 Å². The summed E-state index contributed by atoms with van der Waals surface area (Å²) in [6, 6.07) is 29.0. The van der Waals surface area contributed by atoms with Crippen molar-refractivity contribution in [2.24, 2.45) is 0 Å². The van der Waals surface area contributed by atoms with Crippen LogP contribution in [0, 0.1) is 0 Å². The van der Waals surface area contributed by atoms with Crippen molar-refractivity contribution in [3.05, 3.63) is 135 Å². The number of nitrogens with zero attached hydrogens (tertiary/aromatic N) is 3. The van der Waals surface area contributed by atoms with Crippen LogP contribution >= 0.6 is 0 Å². The second kappa shape index (κ2) is 9.53. The molecule has 182 valence electrons. The van der Waals surface area contributed by atoms with Crippen molar-refractivity contribution in [3.8, 4) is 5.69 Å². The Hall–Kier alpha value is -4.06. The van der Waals surface area contributed by atoms with E-state index < -0.39 is 6.04 Å². The molecule has 1 saturated carbocycles. The van der Waals surface area contributed by atoms with Gasteiger partial charge in [-0.15, -0.1) is 0 Å². The summed E-state index contributed by atoms with van der Waals surface area (Å²) < 4.78 is 11.0. The Kier molecular flexibility index (Phi) is 5.93. The molecule has 1 aromatic heterocycles. The van der Waals surface area contributed by atoms with Crippen LogP contribution in [-0.2, 0) is 11.3 Å². The molecule has 0 radical (unpaired) electrons. The van der Waals surface area contributed by atoms with E-state index in [0.717, 1.165) is 30.6 Å². The first-order chi connectivity index (χ1) is 17.7. The zero-order chi connectivity index (χ0) is 24.5. The molecule has 3 atom stereocenters. The average Bonchev–Trinajstić information content (AvgIpc) is 3.19. The first-order valence-corrected chi connectivity index (χ1v) is 12.7. The standard InChI is InChI=1S/C30H29N3O3/c34-29-31-21-25(36-28-19-11-10-18-26(28)22-12-4-1-5-13-22)20-27(23-14-6-2-7-15-23)33(31)30(35)32(29)24-16-8-3-9-17-24/h1-9,12-17,20,26-28H,10-11,18-19,21H2/t26-,27+,28+/m1/s1. The van der Waals surface area contributed by atoms with Gasteiger partial charge in [0.25, 0.3) is 0 Å². The highest BCUT2D eigenvalue weighted by Gasteiger charge is 2.33. The number of fused-ring (bicyclic) bond motifs is 1. The van der Waals surface area contributed by atoms with Crippen molar-refractivity contribution in [1.82, 2.24) is 13.9 Å². The fourth-order valence-corrected chi connectivity index (χ4v) is 5.63. The SMILES string of the molecule is O=c1n(-c2ccccc2)c(=O)n2n1CC(O[C@H]1CCCC[C@@H]1c1ccccc1)=C[C@H]2c1ccccc1. The molecule has 1 aliphatic carbocycles. The molecule has 2 heterocycles. The van der Waals surface area contributed by atoms with Gasteiger partial charge in [-0.05, 0) is 48.6 Å². The normalized spacial score (nSPS) is 21.4. The van der Waals surface area contributed by atoms with E-state index in [1.54, 1.807) is 16.8 Å². The summed E-state index contributed by atoms with van der Waals surface area (Å²) in [5.41, 5.74) is 2.08. The van der Waals surface area contributed by atoms with E-state index >= 15 is 0 Å². The lowest BCUT2D eigenvalue weighted by Gasteiger charge is -2.34. The zero-order valence-electron chi connectivity index (χ0n) is 20.1. The second-order valence-electron chi connectivity index (χ2n) is 9.58. The average molecular weight is 480 g/mol. The quantitative estimate of drug-likeness (QED) is 0.403. The largest absolute Gasteiger partial charge is 0.492 e. The van der Waals surface area contributed by atoms with E-state index in [1.807, 2.05) is 60.7 Å². The maximum absolute atomic E-state index is 13.6. The summed E-state index contributed by atoms with van der Waals surface area (Å²) in [7, 11) is 0. The molecule has 0 unspecified atom stereocenters. The molecular weight excluding hydrogens is 450 g/mol. The molecular formula is C30H29N3O3. The molecule has 0 N–H and O–H groups in total. The lowest BCUT2D eigenvalue weighted by molar-refractivity contribution is 0.0499. The molecule has 0 amide bonds. The van der Waals surface area contributed by atoms with Crippen LogP contribution in [0.15, 0.2) is 112 Å². The van der Waals surface area contributed by atoms with Gasteiger partial charge in [0.2, 0.25) is 0 Å². The van der Waals surface area contributed by atoms with Crippen molar-refractivity contribution in [3.63, 3.8) is 0 Å². The van der Waals surface area contributed by atoms with E-state index in [4.69, 9.17) is 4.74 Å². The molecule has 0 spiro atoms. The number of aromatic nitrogens is 3. The van der Waals surface area contributed by atoms with Gasteiger partial charge in [-0.2, -0.15) is 0 Å². The number of hydrogen-bond donors (Lipinski definition) is 0. The number of ether oxygens (including phenoxy) is 1. The van der Waals surface area contributed by atoms with Gasteiger partial charge in [0.1, 0.15) is 24.4 Å². The van der Waals surface area contributed by atoms with E-state index in [1.165, 1.54) is 21.2 Å². The molecule has 1 aliphatic heterocycles. The van der Waals surface area contributed by atoms with Gasteiger partial charge in [-0.25, -0.2) is 23.5 Å². The second-order valence-corrected chi connectivity index (χ2v) is 9.58. The smallest absolute Gasteiger partial charge is 0.352 e. The van der Waals surface area contributed by atoms with Gasteiger partial charge < -0.3 is 4.74 Å². The minimum atomic E-state index is -0.432. The fraction of sp³-hybridized carbons (Fsp3) is 0.267. The van der Waals surface area contributed by atoms with Crippen molar-refractivity contribution in [1.29, 1.82) is 0 Å². The third-order valence-corrected chi connectivity index (χ3v) is 7.36. The molecule has 6 heteroatoms. The molecule has 36 heavy (non-hydrogen) atoms. The summed E-state index contributed by atoms with van der Waals surface area (Å²) in [5.74, 6) is 1.05. The highest BCUT2D eigenvalue weighted by atomic mass is 16.5. The number of rotatable bonds is 5. The Balaban J connectivity index is 1.41. The number of benzene rings is 3. The molecule has 6 nitrogen and oxygen atoms in total. The minimum absolute atomic E-state index is 0.0361. The van der Waals surface area contributed by atoms with Gasteiger partial charge in [0.15, 0.2) is 0 Å². The number of para-hydroxylation sites is 1. The van der Waals surface area contributed by atoms with Gasteiger partial charge in [0.05, 0.1) is 5.69 Å². The molecule has 1 fully saturated rings. The molecule has 0 saturated heterocycles. The lowest BCUT2D eigenvalue weighted by Crippen LogP contribution is -2.36. The highest BCUT2D eigenvalue weighted by Crippen LogP contribution is 2.37. The third-order valence-electron chi connectivity index (χ3n) is 7.36. The maximum Gasteiger partial charge on any atom is 0.352 e. The molecule has 2 aliphatic rings. The van der Waals surface area contributed by atoms with E-state index in [-0.39, 0.29) is 24.0 Å². The fourth-order valence-electron chi connectivity index (χ4n) is 5.63. The predicted octanol–water partition coefficient (Wildman–Crippen LogP) is 5.03.